The molecule has 24 nitrogen and oxygen atoms in total. The molecule has 0 aliphatic carbocycles. The van der Waals surface area contributed by atoms with Gasteiger partial charge >= 0.3 is 29.9 Å². The Hall–Kier alpha value is -5.89. The summed E-state index contributed by atoms with van der Waals surface area (Å²) in [7, 11) is 0. The van der Waals surface area contributed by atoms with Crippen molar-refractivity contribution < 1.29 is 68.4 Å². The van der Waals surface area contributed by atoms with E-state index in [1.807, 2.05) is 13.2 Å². The molecular weight excluding hydrogens is 949 g/mol. The molecule has 0 saturated carbocycles. The van der Waals surface area contributed by atoms with E-state index < -0.39 is 60.2 Å². The van der Waals surface area contributed by atoms with E-state index in [0.29, 0.717) is 50.1 Å². The zero-order valence-corrected chi connectivity index (χ0v) is 41.7. The van der Waals surface area contributed by atoms with Crippen LogP contribution in [0.15, 0.2) is 24.3 Å². The number of urea groups is 1. The Morgan fingerprint density at radius 2 is 1.08 bits per heavy atom. The van der Waals surface area contributed by atoms with Gasteiger partial charge in [-0.1, -0.05) is 25.5 Å². The van der Waals surface area contributed by atoms with Crippen LogP contribution in [0.1, 0.15) is 80.6 Å². The van der Waals surface area contributed by atoms with Gasteiger partial charge in [0.2, 0.25) is 17.7 Å². The molecule has 1 aromatic rings. The lowest BCUT2D eigenvalue weighted by molar-refractivity contribution is -0.142. The van der Waals surface area contributed by atoms with Crippen LogP contribution in [-0.2, 0) is 44.9 Å². The van der Waals surface area contributed by atoms with Crippen LogP contribution in [0.4, 0.5) is 4.79 Å². The third-order valence-corrected chi connectivity index (χ3v) is 12.0. The van der Waals surface area contributed by atoms with Crippen molar-refractivity contribution in [2.45, 2.75) is 83.3 Å². The van der Waals surface area contributed by atoms with Gasteiger partial charge in [0.15, 0.2) is 0 Å². The van der Waals surface area contributed by atoms with E-state index in [0.717, 1.165) is 19.3 Å². The van der Waals surface area contributed by atoms with E-state index in [-0.39, 0.29) is 121 Å². The number of Topliss-reactive ketones (excluding diaryl/α,β-unsaturated/α-hetero) is 1. The summed E-state index contributed by atoms with van der Waals surface area (Å²) in [5, 5.41) is 53.9. The first-order valence-corrected chi connectivity index (χ1v) is 25.3. The minimum atomic E-state index is -1.26. The van der Waals surface area contributed by atoms with Gasteiger partial charge in [-0.05, 0) is 68.2 Å². The molecule has 6 amide bonds. The molecule has 398 valence electrons. The molecule has 2 atom stereocenters. The van der Waals surface area contributed by atoms with Crippen molar-refractivity contribution in [1.29, 1.82) is 0 Å². The van der Waals surface area contributed by atoms with Gasteiger partial charge in [0, 0.05) is 90.4 Å². The van der Waals surface area contributed by atoms with Crippen molar-refractivity contribution in [3.05, 3.63) is 35.4 Å². The summed E-state index contributed by atoms with van der Waals surface area (Å²) in [5.74, 6) is -6.04. The summed E-state index contributed by atoms with van der Waals surface area (Å²) in [4.78, 5) is 129. The minimum Gasteiger partial charge on any atom is -0.480 e. The van der Waals surface area contributed by atoms with Crippen LogP contribution in [0.2, 0.25) is 0 Å². The maximum absolute atomic E-state index is 13.3. The van der Waals surface area contributed by atoms with Crippen molar-refractivity contribution in [2.75, 3.05) is 110 Å². The minimum absolute atomic E-state index is 0.0808. The van der Waals surface area contributed by atoms with Crippen molar-refractivity contribution in [3.8, 4) is 0 Å². The van der Waals surface area contributed by atoms with Crippen LogP contribution >= 0.6 is 11.8 Å². The average molecular weight is 1020 g/mol. The fourth-order valence-corrected chi connectivity index (χ4v) is 7.77. The summed E-state index contributed by atoms with van der Waals surface area (Å²) >= 11 is 1.44. The molecule has 25 heteroatoms. The smallest absolute Gasteiger partial charge is 0.326 e. The summed E-state index contributed by atoms with van der Waals surface area (Å²) in [6.45, 7) is 3.22. The molecule has 0 spiro atoms. The molecule has 1 saturated heterocycles. The first kappa shape index (κ1) is 61.2. The molecule has 1 aliphatic rings. The predicted octanol–water partition coefficient (Wildman–Crippen LogP) is -0.676. The number of carbonyl (C=O) groups is 10. The Labute approximate surface area is 418 Å². The number of hydrogen-bond acceptors (Lipinski definition) is 15. The highest BCUT2D eigenvalue weighted by Crippen LogP contribution is 2.09. The number of carbonyl (C=O) groups excluding carboxylic acids is 6. The Morgan fingerprint density at radius 1 is 0.577 bits per heavy atom. The molecule has 10 N–H and O–H groups in total. The molecule has 0 aromatic heterocycles. The SMILES string of the molecule is CCC(=O)CCCCCNC(=O)NCCCCC(NC(=O)CNC(=O)C(CCSC)NC(=O)c1ccc(CNC(=O)CN2CCN(CC(=O)O)CCN(CC(=O)O)CCN(CC(=O)O)CC2)cc1)C(=O)O. The number of hydrogen-bond donors (Lipinski definition) is 10. The van der Waals surface area contributed by atoms with Gasteiger partial charge in [-0.2, -0.15) is 11.8 Å². The predicted molar refractivity (Wildman–Crippen MR) is 263 cm³/mol. The quantitative estimate of drug-likeness (QED) is 0.0400. The topological polar surface area (TPSA) is 337 Å². The lowest BCUT2D eigenvalue weighted by atomic mass is 10.1. The second-order valence-electron chi connectivity index (χ2n) is 17.1. The molecule has 0 bridgehead atoms. The fraction of sp³-hybridized carbons (Fsp3) is 0.652. The van der Waals surface area contributed by atoms with Crippen molar-refractivity contribution in [1.82, 2.24) is 51.5 Å². The van der Waals surface area contributed by atoms with Crippen molar-refractivity contribution in [2.24, 2.45) is 0 Å². The number of nitrogens with one attached hydrogen (secondary N) is 6. The molecule has 1 fully saturated rings. The van der Waals surface area contributed by atoms with Crippen LogP contribution in [-0.4, -0.2) is 222 Å². The summed E-state index contributed by atoms with van der Waals surface area (Å²) in [6, 6.07) is 3.70. The number of benzene rings is 1. The van der Waals surface area contributed by atoms with Crippen LogP contribution in [0.25, 0.3) is 0 Å². The molecule has 1 heterocycles. The highest BCUT2D eigenvalue weighted by molar-refractivity contribution is 7.98. The number of carboxylic acid groups (broad SMARTS) is 4. The molecule has 2 unspecified atom stereocenters. The fourth-order valence-electron chi connectivity index (χ4n) is 7.30. The molecule has 71 heavy (non-hydrogen) atoms. The van der Waals surface area contributed by atoms with Crippen LogP contribution in [0.5, 0.6) is 0 Å². The number of rotatable bonds is 32. The number of unbranched alkanes of at least 4 members (excludes halogenated alkanes) is 3. The number of carboxylic acids is 4. The number of aliphatic carboxylic acids is 4. The van der Waals surface area contributed by atoms with Gasteiger partial charge in [0.05, 0.1) is 32.7 Å². The first-order chi connectivity index (χ1) is 33.9. The Balaban J connectivity index is 1.88. The molecule has 1 aromatic carbocycles. The normalized spacial score (nSPS) is 15.1. The highest BCUT2D eigenvalue weighted by Gasteiger charge is 2.25. The van der Waals surface area contributed by atoms with Crippen molar-refractivity contribution in [3.63, 3.8) is 0 Å². The number of amides is 6. The van der Waals surface area contributed by atoms with E-state index in [2.05, 4.69) is 31.9 Å². The van der Waals surface area contributed by atoms with Gasteiger partial charge in [0.25, 0.3) is 5.91 Å². The number of thioether (sulfide) groups is 1. The third kappa shape index (κ3) is 28.5. The van der Waals surface area contributed by atoms with E-state index in [4.69, 9.17) is 0 Å². The monoisotopic (exact) mass is 1020 g/mol. The van der Waals surface area contributed by atoms with Crippen LogP contribution in [0, 0.1) is 0 Å². The highest BCUT2D eigenvalue weighted by atomic mass is 32.2. The standard InChI is InChI=1S/C46H74N10O14S/c1-3-35(57)9-5-4-7-16-47-46(70)48-17-8-6-10-37(45(68)69)51-38(58)28-50-44(67)36(15-26-71-2)52-43(66)34-13-11-33(12-14-34)27-49-39(59)29-53-18-20-54(30-40(60)61)22-24-56(32-42(64)65)25-23-55(21-19-53)31-41(62)63/h11-14,36-37H,3-10,15-32H2,1-2H3,(H,49,59)(H,50,67)(H,51,58)(H,52,66)(H,60,61)(H,62,63)(H,64,65)(H,68,69)(H2,47,48,70). The Kier molecular flexibility index (Phi) is 30.4. The second-order valence-corrected chi connectivity index (χ2v) is 18.1. The summed E-state index contributed by atoms with van der Waals surface area (Å²) < 4.78 is 0. The maximum Gasteiger partial charge on any atom is 0.326 e. The van der Waals surface area contributed by atoms with Crippen LogP contribution < -0.4 is 31.9 Å². The molecular formula is C46H74N10O14S. The largest absolute Gasteiger partial charge is 0.480 e. The van der Waals surface area contributed by atoms with Crippen molar-refractivity contribution >= 4 is 71.1 Å². The third-order valence-electron chi connectivity index (χ3n) is 11.4. The van der Waals surface area contributed by atoms with Gasteiger partial charge < -0.3 is 52.3 Å². The van der Waals surface area contributed by atoms with E-state index in [1.165, 1.54) is 23.9 Å². The first-order valence-electron chi connectivity index (χ1n) is 23.9. The number of nitrogens with zero attached hydrogens (tertiary/aromatic N) is 4. The average Bonchev–Trinajstić information content (AvgIpc) is 3.32. The zero-order valence-electron chi connectivity index (χ0n) is 40.9. The molecule has 0 radical (unpaired) electrons. The van der Waals surface area contributed by atoms with E-state index in [9.17, 15) is 68.4 Å². The Morgan fingerprint density at radius 3 is 1.56 bits per heavy atom. The van der Waals surface area contributed by atoms with Gasteiger partial charge in [-0.3, -0.25) is 58.0 Å². The van der Waals surface area contributed by atoms with Gasteiger partial charge in [0.1, 0.15) is 17.9 Å². The van der Waals surface area contributed by atoms with E-state index in [1.54, 1.807) is 31.7 Å². The maximum atomic E-state index is 13.3. The lowest BCUT2D eigenvalue weighted by Gasteiger charge is -2.32. The molecule has 1 aliphatic heterocycles. The number of ketones is 1. The summed E-state index contributed by atoms with van der Waals surface area (Å²) in [5.41, 5.74) is 0.868. The van der Waals surface area contributed by atoms with Crippen LogP contribution in [0.3, 0.4) is 0 Å². The van der Waals surface area contributed by atoms with Gasteiger partial charge in [-0.15, -0.1) is 0 Å². The van der Waals surface area contributed by atoms with Gasteiger partial charge in [-0.25, -0.2) is 9.59 Å². The lowest BCUT2D eigenvalue weighted by Crippen LogP contribution is -2.51. The van der Waals surface area contributed by atoms with E-state index >= 15 is 0 Å². The molecule has 2 rings (SSSR count). The Bertz CT molecular complexity index is 1860. The zero-order chi connectivity index (χ0) is 52.6. The summed E-state index contributed by atoms with van der Waals surface area (Å²) in [6.07, 6.45) is 6.39. The second kappa shape index (κ2) is 35.3.